The lowest BCUT2D eigenvalue weighted by molar-refractivity contribution is -0.897. The number of esters is 1. The molecular formula is C16H20N3O3+. The molecule has 0 atom stereocenters. The van der Waals surface area contributed by atoms with Crippen LogP contribution in [0.3, 0.4) is 0 Å². The average molecular weight is 302 g/mol. The van der Waals surface area contributed by atoms with Crippen molar-refractivity contribution in [1.29, 1.82) is 5.26 Å². The third-order valence-corrected chi connectivity index (χ3v) is 3.94. The van der Waals surface area contributed by atoms with Gasteiger partial charge < -0.3 is 15.0 Å². The summed E-state index contributed by atoms with van der Waals surface area (Å²) in [6, 6.07) is 8.81. The Balaban J connectivity index is 1.78. The molecule has 116 valence electrons. The number of rotatable bonds is 4. The number of methoxy groups -OCH3 is 1. The topological polar surface area (TPSA) is 83.6 Å². The van der Waals surface area contributed by atoms with E-state index in [1.165, 1.54) is 12.0 Å². The van der Waals surface area contributed by atoms with Crippen molar-refractivity contribution in [3.63, 3.8) is 0 Å². The molecular weight excluding hydrogens is 282 g/mol. The standard InChI is InChI=1S/C16H19N3O3/c1-22-16(21)13-6-8-19(9-7-13)11-15(20)18-14-4-2-12(10-17)3-5-14/h2-5,13H,6-9,11H2,1H3,(H,18,20)/p+1. The molecule has 0 radical (unpaired) electrons. The Labute approximate surface area is 129 Å². The molecule has 1 heterocycles. The second kappa shape index (κ2) is 7.57. The van der Waals surface area contributed by atoms with Crippen molar-refractivity contribution in [2.24, 2.45) is 5.92 Å². The molecule has 0 saturated carbocycles. The number of hydrogen-bond donors (Lipinski definition) is 2. The summed E-state index contributed by atoms with van der Waals surface area (Å²) in [6.45, 7) is 1.97. The summed E-state index contributed by atoms with van der Waals surface area (Å²) in [4.78, 5) is 24.6. The Morgan fingerprint density at radius 3 is 2.50 bits per heavy atom. The molecule has 6 heteroatoms. The van der Waals surface area contributed by atoms with Crippen LogP contribution in [0, 0.1) is 17.2 Å². The van der Waals surface area contributed by atoms with Gasteiger partial charge in [-0.3, -0.25) is 9.59 Å². The average Bonchev–Trinajstić information content (AvgIpc) is 2.55. The van der Waals surface area contributed by atoms with Gasteiger partial charge >= 0.3 is 5.97 Å². The summed E-state index contributed by atoms with van der Waals surface area (Å²) in [6.07, 6.45) is 1.51. The molecule has 1 aromatic carbocycles. The molecule has 1 aliphatic rings. The van der Waals surface area contributed by atoms with Crippen molar-refractivity contribution in [3.8, 4) is 6.07 Å². The molecule has 0 spiro atoms. The van der Waals surface area contributed by atoms with Crippen LogP contribution < -0.4 is 10.2 Å². The number of amides is 1. The summed E-state index contributed by atoms with van der Waals surface area (Å²) >= 11 is 0. The predicted molar refractivity (Wildman–Crippen MR) is 80.1 cm³/mol. The molecule has 1 aromatic rings. The first-order valence-corrected chi connectivity index (χ1v) is 7.33. The fourth-order valence-corrected chi connectivity index (χ4v) is 2.67. The molecule has 22 heavy (non-hydrogen) atoms. The number of nitrogens with one attached hydrogen (secondary N) is 2. The van der Waals surface area contributed by atoms with Gasteiger partial charge in [-0.25, -0.2) is 0 Å². The number of nitrogens with zero attached hydrogens (tertiary/aromatic N) is 1. The number of benzene rings is 1. The monoisotopic (exact) mass is 302 g/mol. The first-order valence-electron chi connectivity index (χ1n) is 7.33. The molecule has 2 N–H and O–H groups in total. The van der Waals surface area contributed by atoms with Crippen LogP contribution in [-0.2, 0) is 14.3 Å². The van der Waals surface area contributed by atoms with Gasteiger partial charge in [-0.05, 0) is 24.3 Å². The summed E-state index contributed by atoms with van der Waals surface area (Å²) in [5, 5.41) is 11.6. The molecule has 1 amide bonds. The number of likely N-dealkylation sites (tertiary alicyclic amines) is 1. The van der Waals surface area contributed by atoms with Crippen LogP contribution >= 0.6 is 0 Å². The minimum Gasteiger partial charge on any atom is -0.469 e. The Kier molecular flexibility index (Phi) is 5.50. The number of carbonyl (C=O) groups excluding carboxylic acids is 2. The zero-order chi connectivity index (χ0) is 15.9. The molecule has 0 unspecified atom stereocenters. The smallest absolute Gasteiger partial charge is 0.309 e. The van der Waals surface area contributed by atoms with Crippen LogP contribution in [0.5, 0.6) is 0 Å². The van der Waals surface area contributed by atoms with E-state index in [2.05, 4.69) is 5.32 Å². The summed E-state index contributed by atoms with van der Waals surface area (Å²) in [5.41, 5.74) is 1.25. The molecule has 1 fully saturated rings. The lowest BCUT2D eigenvalue weighted by atomic mass is 9.97. The van der Waals surface area contributed by atoms with Crippen molar-refractivity contribution >= 4 is 17.6 Å². The number of nitriles is 1. The number of quaternary nitrogens is 1. The number of hydrogen-bond acceptors (Lipinski definition) is 4. The third kappa shape index (κ3) is 4.30. The molecule has 0 aliphatic carbocycles. The summed E-state index contributed by atoms with van der Waals surface area (Å²) in [7, 11) is 1.41. The van der Waals surface area contributed by atoms with Gasteiger partial charge in [0.15, 0.2) is 6.54 Å². The Morgan fingerprint density at radius 1 is 1.32 bits per heavy atom. The Bertz CT molecular complexity index is 569. The minimum absolute atomic E-state index is 0.0321. The van der Waals surface area contributed by atoms with Crippen LogP contribution in [0.4, 0.5) is 5.69 Å². The van der Waals surface area contributed by atoms with Crippen LogP contribution in [0.25, 0.3) is 0 Å². The van der Waals surface area contributed by atoms with Crippen molar-refractivity contribution in [1.82, 2.24) is 0 Å². The summed E-state index contributed by atoms with van der Waals surface area (Å²) in [5.74, 6) is -0.243. The van der Waals surface area contributed by atoms with Crippen LogP contribution in [0.15, 0.2) is 24.3 Å². The third-order valence-electron chi connectivity index (χ3n) is 3.94. The number of carbonyl (C=O) groups is 2. The zero-order valence-corrected chi connectivity index (χ0v) is 12.6. The maximum atomic E-state index is 12.0. The fourth-order valence-electron chi connectivity index (χ4n) is 2.67. The van der Waals surface area contributed by atoms with E-state index in [0.29, 0.717) is 17.8 Å². The SMILES string of the molecule is COC(=O)C1CC[NH+](CC(=O)Nc2ccc(C#N)cc2)CC1. The van der Waals surface area contributed by atoms with E-state index < -0.39 is 0 Å². The first kappa shape index (κ1) is 16.0. The molecule has 1 saturated heterocycles. The highest BCUT2D eigenvalue weighted by atomic mass is 16.5. The van der Waals surface area contributed by atoms with E-state index in [9.17, 15) is 9.59 Å². The van der Waals surface area contributed by atoms with E-state index in [1.54, 1.807) is 24.3 Å². The first-order chi connectivity index (χ1) is 10.6. The maximum Gasteiger partial charge on any atom is 0.309 e. The lowest BCUT2D eigenvalue weighted by Gasteiger charge is -2.27. The number of piperidine rings is 1. The normalized spacial score (nSPS) is 20.7. The molecule has 0 bridgehead atoms. The highest BCUT2D eigenvalue weighted by molar-refractivity contribution is 5.91. The molecule has 2 rings (SSSR count). The van der Waals surface area contributed by atoms with Gasteiger partial charge in [-0.15, -0.1) is 0 Å². The molecule has 6 nitrogen and oxygen atoms in total. The quantitative estimate of drug-likeness (QED) is 0.765. The van der Waals surface area contributed by atoms with Crippen molar-refractivity contribution in [2.75, 3.05) is 32.1 Å². The highest BCUT2D eigenvalue weighted by Crippen LogP contribution is 2.11. The highest BCUT2D eigenvalue weighted by Gasteiger charge is 2.28. The largest absolute Gasteiger partial charge is 0.469 e. The van der Waals surface area contributed by atoms with Crippen molar-refractivity contribution in [2.45, 2.75) is 12.8 Å². The van der Waals surface area contributed by atoms with E-state index >= 15 is 0 Å². The zero-order valence-electron chi connectivity index (χ0n) is 12.6. The second-order valence-electron chi connectivity index (χ2n) is 5.46. The van der Waals surface area contributed by atoms with Gasteiger partial charge in [0.05, 0.1) is 37.7 Å². The van der Waals surface area contributed by atoms with E-state index in [-0.39, 0.29) is 17.8 Å². The van der Waals surface area contributed by atoms with Crippen LogP contribution in [-0.4, -0.2) is 38.6 Å². The number of anilines is 1. The van der Waals surface area contributed by atoms with E-state index in [4.69, 9.17) is 10.00 Å². The maximum absolute atomic E-state index is 12.0. The Morgan fingerprint density at radius 2 is 1.95 bits per heavy atom. The van der Waals surface area contributed by atoms with Gasteiger partial charge in [0.25, 0.3) is 5.91 Å². The van der Waals surface area contributed by atoms with Crippen LogP contribution in [0.2, 0.25) is 0 Å². The van der Waals surface area contributed by atoms with Crippen LogP contribution in [0.1, 0.15) is 18.4 Å². The lowest BCUT2D eigenvalue weighted by Crippen LogP contribution is -3.14. The van der Waals surface area contributed by atoms with Gasteiger partial charge in [0.1, 0.15) is 0 Å². The van der Waals surface area contributed by atoms with Crippen molar-refractivity contribution < 1.29 is 19.2 Å². The Hall–Kier alpha value is -2.39. The summed E-state index contributed by atoms with van der Waals surface area (Å²) < 4.78 is 4.75. The second-order valence-corrected chi connectivity index (χ2v) is 5.46. The van der Waals surface area contributed by atoms with E-state index in [1.807, 2.05) is 6.07 Å². The van der Waals surface area contributed by atoms with Gasteiger partial charge in [0, 0.05) is 18.5 Å². The van der Waals surface area contributed by atoms with Gasteiger partial charge in [-0.1, -0.05) is 0 Å². The van der Waals surface area contributed by atoms with Gasteiger partial charge in [-0.2, -0.15) is 5.26 Å². The van der Waals surface area contributed by atoms with Crippen molar-refractivity contribution in [3.05, 3.63) is 29.8 Å². The van der Waals surface area contributed by atoms with Gasteiger partial charge in [0.2, 0.25) is 0 Å². The van der Waals surface area contributed by atoms with E-state index in [0.717, 1.165) is 25.9 Å². The minimum atomic E-state index is -0.152. The predicted octanol–water partition coefficient (Wildman–Crippen LogP) is -0.0353. The molecule has 1 aliphatic heterocycles. The number of ether oxygens (including phenoxy) is 1. The molecule has 0 aromatic heterocycles. The fraction of sp³-hybridized carbons (Fsp3) is 0.438.